The highest BCUT2D eigenvalue weighted by molar-refractivity contribution is 9.10. The van der Waals surface area contributed by atoms with Crippen molar-refractivity contribution in [1.29, 1.82) is 0 Å². The van der Waals surface area contributed by atoms with Gasteiger partial charge < -0.3 is 20.1 Å². The van der Waals surface area contributed by atoms with Crippen LogP contribution in [0.1, 0.15) is 40.0 Å². The maximum atomic E-state index is 13.8. The molecule has 0 unspecified atom stereocenters. The van der Waals surface area contributed by atoms with Gasteiger partial charge in [0.1, 0.15) is 11.4 Å². The lowest BCUT2D eigenvalue weighted by molar-refractivity contribution is -0.173. The van der Waals surface area contributed by atoms with Crippen LogP contribution in [-0.2, 0) is 6.54 Å². The predicted octanol–water partition coefficient (Wildman–Crippen LogP) is 4.96. The van der Waals surface area contributed by atoms with Gasteiger partial charge in [-0.05, 0) is 35.4 Å². The summed E-state index contributed by atoms with van der Waals surface area (Å²) in [5.41, 5.74) is 1.50. The Labute approximate surface area is 195 Å². The average molecular weight is 523 g/mol. The molecule has 2 atom stereocenters. The van der Waals surface area contributed by atoms with E-state index in [1.807, 2.05) is 0 Å². The molecule has 5 rings (SSSR count). The Morgan fingerprint density at radius 1 is 1.18 bits per heavy atom. The third kappa shape index (κ3) is 4.24. The number of halogens is 4. The van der Waals surface area contributed by atoms with Crippen molar-refractivity contribution >= 4 is 27.7 Å². The van der Waals surface area contributed by atoms with E-state index in [2.05, 4.69) is 31.7 Å². The molecule has 1 aromatic heterocycles. The SMILES string of the molecule is O=C(NCc1ccc2c(c1)OCO2)c1cnn2c1N[C@@H](c1ccc(Br)cc1)C[C@H]2C(F)(F)F. The van der Waals surface area contributed by atoms with E-state index in [-0.39, 0.29) is 31.1 Å². The summed E-state index contributed by atoms with van der Waals surface area (Å²) in [4.78, 5) is 12.9. The molecule has 3 heterocycles. The highest BCUT2D eigenvalue weighted by Gasteiger charge is 2.47. The summed E-state index contributed by atoms with van der Waals surface area (Å²) < 4.78 is 53.8. The highest BCUT2D eigenvalue weighted by atomic mass is 79.9. The number of nitrogens with zero attached hydrogens (tertiary/aromatic N) is 2. The van der Waals surface area contributed by atoms with Gasteiger partial charge in [-0.2, -0.15) is 18.3 Å². The number of hydrogen-bond acceptors (Lipinski definition) is 5. The molecule has 33 heavy (non-hydrogen) atoms. The standard InChI is InChI=1S/C22H18BrF3N4O3/c23-14-4-2-13(3-5-14)16-8-19(22(24,25)26)30-20(29-16)15(10-28-30)21(31)27-9-12-1-6-17-18(7-12)33-11-32-17/h1-7,10,16,19,29H,8-9,11H2,(H,27,31)/t16-,19+/m1/s1. The van der Waals surface area contributed by atoms with Gasteiger partial charge in [-0.25, -0.2) is 4.68 Å². The summed E-state index contributed by atoms with van der Waals surface area (Å²) in [6.07, 6.45) is -3.59. The normalized spacial score (nSPS) is 19.0. The summed E-state index contributed by atoms with van der Waals surface area (Å²) in [6.45, 7) is 0.304. The summed E-state index contributed by atoms with van der Waals surface area (Å²) in [5, 5.41) is 9.73. The number of ether oxygens (including phenoxy) is 2. The van der Waals surface area contributed by atoms with Crippen LogP contribution in [0.3, 0.4) is 0 Å². The molecular weight excluding hydrogens is 505 g/mol. The molecule has 0 bridgehead atoms. The Morgan fingerprint density at radius 2 is 1.94 bits per heavy atom. The number of carbonyl (C=O) groups is 1. The third-order valence-corrected chi connectivity index (χ3v) is 6.17. The van der Waals surface area contributed by atoms with Crippen LogP contribution < -0.4 is 20.1 Å². The van der Waals surface area contributed by atoms with Gasteiger partial charge in [-0.3, -0.25) is 4.79 Å². The van der Waals surface area contributed by atoms with E-state index in [1.54, 1.807) is 42.5 Å². The summed E-state index contributed by atoms with van der Waals surface area (Å²) in [6, 6.07) is 9.83. The lowest BCUT2D eigenvalue weighted by Crippen LogP contribution is -2.36. The van der Waals surface area contributed by atoms with E-state index in [4.69, 9.17) is 9.47 Å². The molecule has 2 aromatic carbocycles. The van der Waals surface area contributed by atoms with Crippen molar-refractivity contribution in [2.45, 2.75) is 31.2 Å². The zero-order chi connectivity index (χ0) is 23.2. The van der Waals surface area contributed by atoms with Gasteiger partial charge in [-0.15, -0.1) is 0 Å². The van der Waals surface area contributed by atoms with E-state index in [0.717, 1.165) is 14.7 Å². The zero-order valence-electron chi connectivity index (χ0n) is 17.0. The summed E-state index contributed by atoms with van der Waals surface area (Å²) in [5.74, 6) is 0.715. The van der Waals surface area contributed by atoms with E-state index < -0.39 is 24.2 Å². The van der Waals surface area contributed by atoms with E-state index in [1.165, 1.54) is 6.20 Å². The van der Waals surface area contributed by atoms with Crippen LogP contribution in [0.15, 0.2) is 53.1 Å². The first-order valence-corrected chi connectivity index (χ1v) is 10.9. The predicted molar refractivity (Wildman–Crippen MR) is 116 cm³/mol. The van der Waals surface area contributed by atoms with E-state index in [9.17, 15) is 18.0 Å². The van der Waals surface area contributed by atoms with Crippen LogP contribution in [-0.4, -0.2) is 28.7 Å². The van der Waals surface area contributed by atoms with Crippen LogP contribution in [0, 0.1) is 0 Å². The summed E-state index contributed by atoms with van der Waals surface area (Å²) >= 11 is 3.33. The number of aromatic nitrogens is 2. The smallest absolute Gasteiger partial charge is 0.410 e. The van der Waals surface area contributed by atoms with Crippen molar-refractivity contribution in [1.82, 2.24) is 15.1 Å². The third-order valence-electron chi connectivity index (χ3n) is 5.65. The molecule has 3 aromatic rings. The minimum atomic E-state index is -4.52. The number of fused-ring (bicyclic) bond motifs is 2. The number of benzene rings is 2. The number of hydrogen-bond donors (Lipinski definition) is 2. The fourth-order valence-corrected chi connectivity index (χ4v) is 4.24. The quantitative estimate of drug-likeness (QED) is 0.506. The van der Waals surface area contributed by atoms with E-state index in [0.29, 0.717) is 17.1 Å². The monoisotopic (exact) mass is 522 g/mol. The van der Waals surface area contributed by atoms with Crippen molar-refractivity contribution in [3.05, 3.63) is 69.8 Å². The van der Waals surface area contributed by atoms with Crippen molar-refractivity contribution in [2.75, 3.05) is 12.1 Å². The average Bonchev–Trinajstić information content (AvgIpc) is 3.43. The second-order valence-electron chi connectivity index (χ2n) is 7.76. The molecule has 172 valence electrons. The molecule has 0 saturated carbocycles. The lowest BCUT2D eigenvalue weighted by Gasteiger charge is -2.34. The topological polar surface area (TPSA) is 77.4 Å². The Hall–Kier alpha value is -3.21. The Morgan fingerprint density at radius 3 is 2.70 bits per heavy atom. The first kappa shape index (κ1) is 21.6. The van der Waals surface area contributed by atoms with Crippen LogP contribution >= 0.6 is 15.9 Å². The second-order valence-corrected chi connectivity index (χ2v) is 8.68. The fourth-order valence-electron chi connectivity index (χ4n) is 3.97. The van der Waals surface area contributed by atoms with Crippen molar-refractivity contribution in [2.24, 2.45) is 0 Å². The molecule has 1 amide bonds. The lowest BCUT2D eigenvalue weighted by atomic mass is 9.96. The number of rotatable bonds is 4. The van der Waals surface area contributed by atoms with Crippen molar-refractivity contribution in [3.8, 4) is 11.5 Å². The van der Waals surface area contributed by atoms with Gasteiger partial charge in [-0.1, -0.05) is 34.1 Å². The Kier molecular flexibility index (Phi) is 5.43. The minimum Gasteiger partial charge on any atom is -0.454 e. The first-order valence-electron chi connectivity index (χ1n) is 10.1. The van der Waals surface area contributed by atoms with Gasteiger partial charge in [0.2, 0.25) is 6.79 Å². The first-order chi connectivity index (χ1) is 15.8. The molecule has 7 nitrogen and oxygen atoms in total. The Balaban J connectivity index is 1.39. The molecule has 2 aliphatic heterocycles. The molecule has 0 fully saturated rings. The molecule has 0 saturated heterocycles. The van der Waals surface area contributed by atoms with Gasteiger partial charge in [0.05, 0.1) is 12.2 Å². The number of anilines is 1. The number of alkyl halides is 3. The minimum absolute atomic E-state index is 0.0414. The van der Waals surface area contributed by atoms with Crippen LogP contribution in [0.25, 0.3) is 0 Å². The molecule has 0 radical (unpaired) electrons. The van der Waals surface area contributed by atoms with Gasteiger partial charge in [0.15, 0.2) is 17.5 Å². The molecular formula is C22H18BrF3N4O3. The molecule has 2 aliphatic rings. The Bertz CT molecular complexity index is 1200. The van der Waals surface area contributed by atoms with Gasteiger partial charge in [0.25, 0.3) is 5.91 Å². The van der Waals surface area contributed by atoms with Crippen LogP contribution in [0.5, 0.6) is 11.5 Å². The summed E-state index contributed by atoms with van der Waals surface area (Å²) in [7, 11) is 0. The fraction of sp³-hybridized carbons (Fsp3) is 0.273. The number of amides is 1. The maximum Gasteiger partial charge on any atom is 0.410 e. The molecule has 2 N–H and O–H groups in total. The van der Waals surface area contributed by atoms with Crippen molar-refractivity contribution < 1.29 is 27.4 Å². The van der Waals surface area contributed by atoms with Gasteiger partial charge >= 0.3 is 6.18 Å². The maximum absolute atomic E-state index is 13.8. The largest absolute Gasteiger partial charge is 0.454 e. The van der Waals surface area contributed by atoms with Gasteiger partial charge in [0, 0.05) is 17.4 Å². The molecule has 11 heteroatoms. The number of nitrogens with one attached hydrogen (secondary N) is 2. The van der Waals surface area contributed by atoms with Crippen LogP contribution in [0.4, 0.5) is 19.0 Å². The molecule has 0 spiro atoms. The zero-order valence-corrected chi connectivity index (χ0v) is 18.6. The second kappa shape index (κ2) is 8.29. The van der Waals surface area contributed by atoms with Crippen molar-refractivity contribution in [3.63, 3.8) is 0 Å². The van der Waals surface area contributed by atoms with E-state index >= 15 is 0 Å². The number of carbonyl (C=O) groups excluding carboxylic acids is 1. The molecule has 0 aliphatic carbocycles. The van der Waals surface area contributed by atoms with Crippen LogP contribution in [0.2, 0.25) is 0 Å². The highest BCUT2D eigenvalue weighted by Crippen LogP contribution is 2.44.